The standard InChI is InChI=1S/C12H16BrNO/c1-15-12-5-4-11(13)6-10(12)8-14-7-9-2-3-9/h4-6,9,14H,2-3,7-8H2,1H3. The van der Waals surface area contributed by atoms with Gasteiger partial charge in [-0.15, -0.1) is 0 Å². The molecule has 1 fully saturated rings. The Morgan fingerprint density at radius 1 is 1.47 bits per heavy atom. The molecule has 1 N–H and O–H groups in total. The Morgan fingerprint density at radius 3 is 2.93 bits per heavy atom. The summed E-state index contributed by atoms with van der Waals surface area (Å²) in [6, 6.07) is 6.11. The lowest BCUT2D eigenvalue weighted by Gasteiger charge is -2.09. The van der Waals surface area contributed by atoms with E-state index in [9.17, 15) is 0 Å². The molecule has 1 aromatic rings. The number of methoxy groups -OCH3 is 1. The van der Waals surface area contributed by atoms with Gasteiger partial charge in [0.15, 0.2) is 0 Å². The summed E-state index contributed by atoms with van der Waals surface area (Å²) in [6.07, 6.45) is 2.78. The molecular weight excluding hydrogens is 254 g/mol. The van der Waals surface area contributed by atoms with Gasteiger partial charge in [0.05, 0.1) is 7.11 Å². The van der Waals surface area contributed by atoms with Gasteiger partial charge >= 0.3 is 0 Å². The highest BCUT2D eigenvalue weighted by Crippen LogP contribution is 2.28. The third-order valence-electron chi connectivity index (χ3n) is 2.69. The molecule has 3 heteroatoms. The molecule has 82 valence electrons. The molecule has 0 aliphatic heterocycles. The van der Waals surface area contributed by atoms with Crippen molar-refractivity contribution in [1.82, 2.24) is 5.32 Å². The zero-order valence-corrected chi connectivity index (χ0v) is 10.5. The van der Waals surface area contributed by atoms with E-state index in [4.69, 9.17) is 4.74 Å². The maximum absolute atomic E-state index is 5.31. The summed E-state index contributed by atoms with van der Waals surface area (Å²) < 4.78 is 6.42. The van der Waals surface area contributed by atoms with E-state index in [1.807, 2.05) is 12.1 Å². The van der Waals surface area contributed by atoms with Crippen molar-refractivity contribution in [2.45, 2.75) is 19.4 Å². The lowest BCUT2D eigenvalue weighted by molar-refractivity contribution is 0.407. The highest BCUT2D eigenvalue weighted by molar-refractivity contribution is 9.10. The molecule has 15 heavy (non-hydrogen) atoms. The van der Waals surface area contributed by atoms with Crippen molar-refractivity contribution in [2.75, 3.05) is 13.7 Å². The molecule has 0 atom stereocenters. The van der Waals surface area contributed by atoms with E-state index in [-0.39, 0.29) is 0 Å². The average Bonchev–Trinajstić information content (AvgIpc) is 3.02. The Balaban J connectivity index is 1.94. The predicted molar refractivity (Wildman–Crippen MR) is 65.1 cm³/mol. The van der Waals surface area contributed by atoms with Crippen LogP contribution in [0.4, 0.5) is 0 Å². The molecule has 0 amide bonds. The number of benzene rings is 1. The van der Waals surface area contributed by atoms with Gasteiger partial charge < -0.3 is 10.1 Å². The third kappa shape index (κ3) is 3.21. The maximum atomic E-state index is 5.31. The fourth-order valence-electron chi connectivity index (χ4n) is 1.62. The van der Waals surface area contributed by atoms with Crippen LogP contribution < -0.4 is 10.1 Å². The summed E-state index contributed by atoms with van der Waals surface area (Å²) in [4.78, 5) is 0. The molecule has 2 rings (SSSR count). The van der Waals surface area contributed by atoms with Gasteiger partial charge in [0.25, 0.3) is 0 Å². The molecule has 1 aromatic carbocycles. The van der Waals surface area contributed by atoms with Crippen LogP contribution in [0.5, 0.6) is 5.75 Å². The van der Waals surface area contributed by atoms with Crippen LogP contribution in [0.3, 0.4) is 0 Å². The van der Waals surface area contributed by atoms with Crippen LogP contribution in [0.15, 0.2) is 22.7 Å². The van der Waals surface area contributed by atoms with Gasteiger partial charge in [-0.3, -0.25) is 0 Å². The van der Waals surface area contributed by atoms with Gasteiger partial charge in [0.2, 0.25) is 0 Å². The van der Waals surface area contributed by atoms with Crippen molar-refractivity contribution < 1.29 is 4.74 Å². The predicted octanol–water partition coefficient (Wildman–Crippen LogP) is 2.96. The normalized spacial score (nSPS) is 15.3. The molecule has 0 heterocycles. The van der Waals surface area contributed by atoms with Crippen molar-refractivity contribution in [1.29, 1.82) is 0 Å². The molecule has 0 spiro atoms. The third-order valence-corrected chi connectivity index (χ3v) is 3.18. The fraction of sp³-hybridized carbons (Fsp3) is 0.500. The number of halogens is 1. The van der Waals surface area contributed by atoms with E-state index >= 15 is 0 Å². The van der Waals surface area contributed by atoms with Crippen molar-refractivity contribution in [2.24, 2.45) is 5.92 Å². The van der Waals surface area contributed by atoms with Crippen molar-refractivity contribution in [3.05, 3.63) is 28.2 Å². The Kier molecular flexibility index (Phi) is 3.65. The van der Waals surface area contributed by atoms with Crippen LogP contribution in [0.1, 0.15) is 18.4 Å². The van der Waals surface area contributed by atoms with Crippen LogP contribution in [-0.2, 0) is 6.54 Å². The highest BCUT2D eigenvalue weighted by Gasteiger charge is 2.20. The molecular formula is C12H16BrNO. The van der Waals surface area contributed by atoms with Crippen LogP contribution in [0.25, 0.3) is 0 Å². The number of nitrogens with one attached hydrogen (secondary N) is 1. The highest BCUT2D eigenvalue weighted by atomic mass is 79.9. The zero-order valence-electron chi connectivity index (χ0n) is 8.92. The molecule has 1 aliphatic carbocycles. The summed E-state index contributed by atoms with van der Waals surface area (Å²) >= 11 is 3.48. The van der Waals surface area contributed by atoms with Crippen LogP contribution in [-0.4, -0.2) is 13.7 Å². The summed E-state index contributed by atoms with van der Waals surface area (Å²) in [5, 5.41) is 3.46. The summed E-state index contributed by atoms with van der Waals surface area (Å²) in [6.45, 7) is 2.02. The molecule has 0 unspecified atom stereocenters. The minimum Gasteiger partial charge on any atom is -0.496 e. The van der Waals surface area contributed by atoms with Crippen LogP contribution >= 0.6 is 15.9 Å². The van der Waals surface area contributed by atoms with Crippen molar-refractivity contribution in [3.8, 4) is 5.75 Å². The van der Waals surface area contributed by atoms with Gasteiger partial charge in [-0.2, -0.15) is 0 Å². The average molecular weight is 270 g/mol. The first kappa shape index (κ1) is 11.0. The monoisotopic (exact) mass is 269 g/mol. The van der Waals surface area contributed by atoms with Gasteiger partial charge in [-0.1, -0.05) is 15.9 Å². The maximum Gasteiger partial charge on any atom is 0.123 e. The van der Waals surface area contributed by atoms with Crippen molar-refractivity contribution >= 4 is 15.9 Å². The first-order valence-corrected chi connectivity index (χ1v) is 6.12. The minimum atomic E-state index is 0.888. The van der Waals surface area contributed by atoms with Crippen LogP contribution in [0, 0.1) is 5.92 Å². The first-order chi connectivity index (χ1) is 7.29. The van der Waals surface area contributed by atoms with E-state index in [2.05, 4.69) is 27.3 Å². The van der Waals surface area contributed by atoms with Crippen molar-refractivity contribution in [3.63, 3.8) is 0 Å². The van der Waals surface area contributed by atoms with Gasteiger partial charge in [0.1, 0.15) is 5.75 Å². The molecule has 1 aliphatic rings. The van der Waals surface area contributed by atoms with Gasteiger partial charge in [0, 0.05) is 16.6 Å². The zero-order chi connectivity index (χ0) is 10.7. The van der Waals surface area contributed by atoms with Crippen LogP contribution in [0.2, 0.25) is 0 Å². The lowest BCUT2D eigenvalue weighted by atomic mass is 10.2. The number of hydrogen-bond donors (Lipinski definition) is 1. The smallest absolute Gasteiger partial charge is 0.123 e. The topological polar surface area (TPSA) is 21.3 Å². The second-order valence-electron chi connectivity index (χ2n) is 4.03. The van der Waals surface area contributed by atoms with Gasteiger partial charge in [-0.05, 0) is 43.5 Å². The summed E-state index contributed by atoms with van der Waals surface area (Å²) in [5.74, 6) is 1.88. The van der Waals surface area contributed by atoms with E-state index in [0.29, 0.717) is 0 Å². The second-order valence-corrected chi connectivity index (χ2v) is 4.95. The van der Waals surface area contributed by atoms with E-state index in [1.165, 1.54) is 18.4 Å². The molecule has 2 nitrogen and oxygen atoms in total. The molecule has 0 radical (unpaired) electrons. The largest absolute Gasteiger partial charge is 0.496 e. The second kappa shape index (κ2) is 4.99. The SMILES string of the molecule is COc1ccc(Br)cc1CNCC1CC1. The summed E-state index contributed by atoms with van der Waals surface area (Å²) in [7, 11) is 1.72. The fourth-order valence-corrected chi connectivity index (χ4v) is 2.03. The Morgan fingerprint density at radius 2 is 2.27 bits per heavy atom. The molecule has 0 bridgehead atoms. The molecule has 0 saturated heterocycles. The van der Waals surface area contributed by atoms with E-state index in [1.54, 1.807) is 7.11 Å². The van der Waals surface area contributed by atoms with Gasteiger partial charge in [-0.25, -0.2) is 0 Å². The molecule has 1 saturated carbocycles. The Bertz CT molecular complexity index is 336. The Hall–Kier alpha value is -0.540. The Labute approximate surface area is 99.1 Å². The number of ether oxygens (including phenoxy) is 1. The lowest BCUT2D eigenvalue weighted by Crippen LogP contribution is -2.16. The quantitative estimate of drug-likeness (QED) is 0.888. The summed E-state index contributed by atoms with van der Waals surface area (Å²) in [5.41, 5.74) is 1.22. The minimum absolute atomic E-state index is 0.888. The number of hydrogen-bond acceptors (Lipinski definition) is 2. The van der Waals surface area contributed by atoms with E-state index < -0.39 is 0 Å². The molecule has 0 aromatic heterocycles. The first-order valence-electron chi connectivity index (χ1n) is 5.32. The number of rotatable bonds is 5. The van der Waals surface area contributed by atoms with E-state index in [0.717, 1.165) is 29.2 Å².